The molecular formula is C19H37N5O5. The van der Waals surface area contributed by atoms with Crippen molar-refractivity contribution in [3.8, 4) is 0 Å². The Hall–Kier alpha value is -2.20. The first-order valence-electron chi connectivity index (χ1n) is 10.0. The Labute approximate surface area is 172 Å². The maximum atomic E-state index is 12.7. The van der Waals surface area contributed by atoms with Crippen molar-refractivity contribution in [2.45, 2.75) is 77.6 Å². The predicted octanol–water partition coefficient (Wildman–Crippen LogP) is -1.24. The Morgan fingerprint density at radius 1 is 0.966 bits per heavy atom. The van der Waals surface area contributed by atoms with Crippen molar-refractivity contribution >= 4 is 23.6 Å². The second kappa shape index (κ2) is 13.9. The SMILES string of the molecule is CCCCN[C@@H](CC(N)=O)C(=O)N[C@@H](CC(C)C)C(=O)N[C@H](C(=O)NC)[C@@H](C)O. The van der Waals surface area contributed by atoms with Crippen LogP contribution in [0.3, 0.4) is 0 Å². The van der Waals surface area contributed by atoms with E-state index in [1.54, 1.807) is 0 Å². The summed E-state index contributed by atoms with van der Waals surface area (Å²) in [7, 11) is 1.40. The molecule has 0 saturated carbocycles. The quantitative estimate of drug-likeness (QED) is 0.194. The van der Waals surface area contributed by atoms with E-state index >= 15 is 0 Å². The number of carbonyl (C=O) groups excluding carboxylic acids is 4. The summed E-state index contributed by atoms with van der Waals surface area (Å²) in [6, 6.07) is -2.94. The summed E-state index contributed by atoms with van der Waals surface area (Å²) in [5.41, 5.74) is 5.24. The van der Waals surface area contributed by atoms with Crippen LogP contribution in [0.1, 0.15) is 53.4 Å². The van der Waals surface area contributed by atoms with Gasteiger partial charge in [-0.3, -0.25) is 19.2 Å². The number of nitrogens with one attached hydrogen (secondary N) is 4. The number of amides is 4. The number of aliphatic hydroxyl groups excluding tert-OH is 1. The number of primary amides is 1. The summed E-state index contributed by atoms with van der Waals surface area (Å²) in [5, 5.41) is 20.3. The fourth-order valence-electron chi connectivity index (χ4n) is 2.70. The van der Waals surface area contributed by atoms with Gasteiger partial charge in [-0.05, 0) is 32.2 Å². The molecule has 0 aromatic heterocycles. The highest BCUT2D eigenvalue weighted by Crippen LogP contribution is 2.07. The van der Waals surface area contributed by atoms with E-state index in [-0.39, 0.29) is 12.3 Å². The first-order chi connectivity index (χ1) is 13.5. The normalized spacial score (nSPS) is 15.1. The molecule has 0 radical (unpaired) electrons. The minimum absolute atomic E-state index is 0.0682. The number of hydrogen-bond donors (Lipinski definition) is 6. The van der Waals surface area contributed by atoms with Gasteiger partial charge in [-0.25, -0.2) is 0 Å². The third-order valence-corrected chi connectivity index (χ3v) is 4.29. The second-order valence-corrected chi connectivity index (χ2v) is 7.56. The molecule has 7 N–H and O–H groups in total. The maximum Gasteiger partial charge on any atom is 0.245 e. The number of rotatable bonds is 14. The highest BCUT2D eigenvalue weighted by atomic mass is 16.3. The fraction of sp³-hybridized carbons (Fsp3) is 0.789. The molecule has 10 heteroatoms. The smallest absolute Gasteiger partial charge is 0.245 e. The zero-order chi connectivity index (χ0) is 22.6. The van der Waals surface area contributed by atoms with Gasteiger partial charge in [0.1, 0.15) is 12.1 Å². The van der Waals surface area contributed by atoms with E-state index < -0.39 is 47.9 Å². The van der Waals surface area contributed by atoms with Crippen LogP contribution in [0.15, 0.2) is 0 Å². The highest BCUT2D eigenvalue weighted by Gasteiger charge is 2.31. The van der Waals surface area contributed by atoms with E-state index in [0.717, 1.165) is 12.8 Å². The lowest BCUT2D eigenvalue weighted by Crippen LogP contribution is -2.58. The van der Waals surface area contributed by atoms with Gasteiger partial charge >= 0.3 is 0 Å². The highest BCUT2D eigenvalue weighted by molar-refractivity contribution is 5.94. The molecule has 0 spiro atoms. The number of nitrogens with two attached hydrogens (primary N) is 1. The number of carbonyl (C=O) groups is 4. The molecule has 0 rings (SSSR count). The van der Waals surface area contributed by atoms with Crippen LogP contribution in [-0.4, -0.2) is 66.6 Å². The van der Waals surface area contributed by atoms with Crippen molar-refractivity contribution in [1.82, 2.24) is 21.3 Å². The monoisotopic (exact) mass is 415 g/mol. The summed E-state index contributed by atoms with van der Waals surface area (Å²) in [4.78, 5) is 48.6. The van der Waals surface area contributed by atoms with Gasteiger partial charge in [-0.15, -0.1) is 0 Å². The molecule has 0 aromatic carbocycles. The number of hydrogen-bond acceptors (Lipinski definition) is 6. The van der Waals surface area contributed by atoms with E-state index in [9.17, 15) is 24.3 Å². The van der Waals surface area contributed by atoms with E-state index in [0.29, 0.717) is 13.0 Å². The lowest BCUT2D eigenvalue weighted by molar-refractivity contribution is -0.134. The molecule has 0 unspecified atom stereocenters. The van der Waals surface area contributed by atoms with Crippen LogP contribution in [-0.2, 0) is 19.2 Å². The van der Waals surface area contributed by atoms with Gasteiger partial charge in [0.15, 0.2) is 0 Å². The van der Waals surface area contributed by atoms with Crippen molar-refractivity contribution in [2.75, 3.05) is 13.6 Å². The summed E-state index contributed by atoms with van der Waals surface area (Å²) in [6.07, 6.45) is 0.737. The lowest BCUT2D eigenvalue weighted by atomic mass is 10.0. The van der Waals surface area contributed by atoms with Crippen molar-refractivity contribution in [1.29, 1.82) is 0 Å². The third kappa shape index (κ3) is 10.8. The average molecular weight is 416 g/mol. The summed E-state index contributed by atoms with van der Waals surface area (Å²) in [5.74, 6) is -2.22. The predicted molar refractivity (Wildman–Crippen MR) is 110 cm³/mol. The fourth-order valence-corrected chi connectivity index (χ4v) is 2.70. The molecule has 0 saturated heterocycles. The first-order valence-corrected chi connectivity index (χ1v) is 10.0. The summed E-state index contributed by atoms with van der Waals surface area (Å²) in [6.45, 7) is 7.69. The van der Waals surface area contributed by atoms with Crippen molar-refractivity contribution < 1.29 is 24.3 Å². The van der Waals surface area contributed by atoms with Crippen molar-refractivity contribution in [3.63, 3.8) is 0 Å². The van der Waals surface area contributed by atoms with Gasteiger partial charge in [-0.2, -0.15) is 0 Å². The zero-order valence-electron chi connectivity index (χ0n) is 18.1. The topological polar surface area (TPSA) is 163 Å². The van der Waals surface area contributed by atoms with Crippen LogP contribution in [0.25, 0.3) is 0 Å². The van der Waals surface area contributed by atoms with Gasteiger partial charge in [0, 0.05) is 7.05 Å². The maximum absolute atomic E-state index is 12.7. The Morgan fingerprint density at radius 2 is 1.55 bits per heavy atom. The van der Waals surface area contributed by atoms with Crippen molar-refractivity contribution in [2.24, 2.45) is 11.7 Å². The molecule has 0 fully saturated rings. The molecule has 10 nitrogen and oxygen atoms in total. The largest absolute Gasteiger partial charge is 0.391 e. The van der Waals surface area contributed by atoms with Crippen molar-refractivity contribution in [3.05, 3.63) is 0 Å². The van der Waals surface area contributed by atoms with E-state index in [2.05, 4.69) is 21.3 Å². The summed E-state index contributed by atoms with van der Waals surface area (Å²) < 4.78 is 0. The average Bonchev–Trinajstić information content (AvgIpc) is 2.63. The van der Waals surface area contributed by atoms with Crippen LogP contribution < -0.4 is 27.0 Å². The van der Waals surface area contributed by atoms with E-state index in [4.69, 9.17) is 5.73 Å². The molecule has 29 heavy (non-hydrogen) atoms. The molecule has 0 aliphatic rings. The van der Waals surface area contributed by atoms with Gasteiger partial charge in [0.05, 0.1) is 18.6 Å². The van der Waals surface area contributed by atoms with E-state index in [1.165, 1.54) is 14.0 Å². The molecule has 0 bridgehead atoms. The Bertz CT molecular complexity index is 553. The standard InChI is InChI=1S/C19H37N5O5/c1-6-7-8-22-13(10-15(20)26)17(27)23-14(9-11(2)3)18(28)24-16(12(4)25)19(29)21-5/h11-14,16,22,25H,6-10H2,1-5H3,(H2,20,26)(H,21,29)(H,23,27)(H,24,28)/t12-,13+,14+,16+/m1/s1. The minimum atomic E-state index is -1.15. The number of likely N-dealkylation sites (N-methyl/N-ethyl adjacent to an activating group) is 1. The van der Waals surface area contributed by atoms with Gasteiger partial charge in [0.25, 0.3) is 0 Å². The summed E-state index contributed by atoms with van der Waals surface area (Å²) >= 11 is 0. The molecule has 0 heterocycles. The number of aliphatic hydroxyl groups is 1. The Morgan fingerprint density at radius 3 is 2.00 bits per heavy atom. The van der Waals surface area contributed by atoms with Crippen LogP contribution in [0.5, 0.6) is 0 Å². The van der Waals surface area contributed by atoms with Gasteiger partial charge in [-0.1, -0.05) is 27.2 Å². The lowest BCUT2D eigenvalue weighted by Gasteiger charge is -2.26. The van der Waals surface area contributed by atoms with Crippen LogP contribution in [0, 0.1) is 5.92 Å². The molecular weight excluding hydrogens is 378 g/mol. The number of unbranched alkanes of at least 4 members (excludes halogenated alkanes) is 1. The molecule has 168 valence electrons. The van der Waals surface area contributed by atoms with Crippen LogP contribution in [0.4, 0.5) is 0 Å². The molecule has 0 aliphatic heterocycles. The van der Waals surface area contributed by atoms with E-state index in [1.807, 2.05) is 20.8 Å². The van der Waals surface area contributed by atoms with Crippen LogP contribution >= 0.6 is 0 Å². The molecule has 0 aromatic rings. The third-order valence-electron chi connectivity index (χ3n) is 4.29. The first kappa shape index (κ1) is 26.8. The Kier molecular flexibility index (Phi) is 12.8. The molecule has 4 atom stereocenters. The minimum Gasteiger partial charge on any atom is -0.391 e. The zero-order valence-corrected chi connectivity index (χ0v) is 18.1. The second-order valence-electron chi connectivity index (χ2n) is 7.56. The van der Waals surface area contributed by atoms with Gasteiger partial charge in [0.2, 0.25) is 23.6 Å². The van der Waals surface area contributed by atoms with Crippen LogP contribution in [0.2, 0.25) is 0 Å². The molecule has 4 amide bonds. The Balaban J connectivity index is 5.31. The molecule has 0 aliphatic carbocycles. The van der Waals surface area contributed by atoms with Gasteiger partial charge < -0.3 is 32.1 Å².